The van der Waals surface area contributed by atoms with E-state index in [0.29, 0.717) is 5.84 Å². The Morgan fingerprint density at radius 2 is 1.85 bits per heavy atom. The average molecular weight is 183 g/mol. The summed E-state index contributed by atoms with van der Waals surface area (Å²) in [6.07, 6.45) is 0. The Morgan fingerprint density at radius 1 is 1.38 bits per heavy atom. The van der Waals surface area contributed by atoms with Gasteiger partial charge in [-0.3, -0.25) is 20.3 Å². The molecule has 0 aliphatic carbocycles. The maximum Gasteiger partial charge on any atom is 0.246 e. The van der Waals surface area contributed by atoms with E-state index in [4.69, 9.17) is 5.41 Å². The zero-order valence-corrected chi connectivity index (χ0v) is 7.76. The Hall–Kier alpha value is -1.39. The van der Waals surface area contributed by atoms with Gasteiger partial charge in [0.2, 0.25) is 11.8 Å². The summed E-state index contributed by atoms with van der Waals surface area (Å²) in [5.74, 6) is -0.287. The van der Waals surface area contributed by atoms with Crippen LogP contribution in [0.1, 0.15) is 13.8 Å². The number of hydrogen-bond donors (Lipinski definition) is 2. The maximum absolute atomic E-state index is 10.9. The van der Waals surface area contributed by atoms with Gasteiger partial charge in [-0.25, -0.2) is 0 Å². The predicted octanol–water partition coefficient (Wildman–Crippen LogP) is -0.422. The first kappa shape index (κ1) is 9.70. The van der Waals surface area contributed by atoms with Gasteiger partial charge in [-0.2, -0.15) is 0 Å². The Kier molecular flexibility index (Phi) is 2.65. The fourth-order valence-electron chi connectivity index (χ4n) is 1.17. The Labute approximate surface area is 76.6 Å². The fourth-order valence-corrected chi connectivity index (χ4v) is 1.17. The normalized spacial score (nSPS) is 17.6. The van der Waals surface area contributed by atoms with E-state index in [1.54, 1.807) is 0 Å². The summed E-state index contributed by atoms with van der Waals surface area (Å²) < 4.78 is 0. The largest absolute Gasteiger partial charge is 0.342 e. The maximum atomic E-state index is 10.9. The van der Waals surface area contributed by atoms with E-state index in [0.717, 1.165) is 0 Å². The molecule has 5 heteroatoms. The molecule has 1 saturated heterocycles. The first-order chi connectivity index (χ1) is 6.00. The number of rotatable bonds is 1. The SMILES string of the molecule is CC(C)C(=N)N1CC(=O)NC(=O)C1. The Bertz CT molecular complexity index is 244. The number of carbonyl (C=O) groups excluding carboxylic acids is 2. The van der Waals surface area contributed by atoms with Crippen LogP contribution < -0.4 is 5.32 Å². The van der Waals surface area contributed by atoms with Crippen molar-refractivity contribution in [3.8, 4) is 0 Å². The van der Waals surface area contributed by atoms with E-state index < -0.39 is 0 Å². The van der Waals surface area contributed by atoms with Crippen molar-refractivity contribution in [1.82, 2.24) is 10.2 Å². The summed E-state index contributed by atoms with van der Waals surface area (Å²) in [7, 11) is 0. The molecule has 0 atom stereocenters. The molecule has 72 valence electrons. The number of amides is 2. The molecule has 0 saturated carbocycles. The fraction of sp³-hybridized carbons (Fsp3) is 0.625. The van der Waals surface area contributed by atoms with E-state index in [2.05, 4.69) is 5.32 Å². The molecular weight excluding hydrogens is 170 g/mol. The molecule has 13 heavy (non-hydrogen) atoms. The molecule has 2 amide bonds. The molecule has 0 aromatic rings. The molecule has 1 heterocycles. The van der Waals surface area contributed by atoms with E-state index in [9.17, 15) is 9.59 Å². The summed E-state index contributed by atoms with van der Waals surface area (Å²) in [4.78, 5) is 23.4. The number of nitrogens with zero attached hydrogens (tertiary/aromatic N) is 1. The molecule has 2 N–H and O–H groups in total. The summed E-state index contributed by atoms with van der Waals surface area (Å²) in [5, 5.41) is 9.80. The third-order valence-electron chi connectivity index (χ3n) is 1.84. The van der Waals surface area contributed by atoms with Crippen molar-refractivity contribution in [3.63, 3.8) is 0 Å². The highest BCUT2D eigenvalue weighted by Crippen LogP contribution is 2.03. The molecule has 5 nitrogen and oxygen atoms in total. The van der Waals surface area contributed by atoms with Crippen molar-refractivity contribution in [1.29, 1.82) is 5.41 Å². The molecular formula is C8H13N3O2. The molecule has 1 fully saturated rings. The van der Waals surface area contributed by atoms with Crippen LogP contribution in [0.5, 0.6) is 0 Å². The number of amidine groups is 1. The molecule has 0 aromatic heterocycles. The first-order valence-corrected chi connectivity index (χ1v) is 4.16. The third kappa shape index (κ3) is 2.27. The van der Waals surface area contributed by atoms with Crippen LogP contribution in [0.25, 0.3) is 0 Å². The standard InChI is InChI=1S/C8H13N3O2/c1-5(2)8(9)11-3-6(12)10-7(13)4-11/h5,9H,3-4H2,1-2H3,(H,10,12,13). The van der Waals surface area contributed by atoms with Crippen LogP contribution in [0.2, 0.25) is 0 Å². The molecule has 0 unspecified atom stereocenters. The van der Waals surface area contributed by atoms with Crippen LogP contribution in [0.4, 0.5) is 0 Å². The van der Waals surface area contributed by atoms with Gasteiger partial charge in [0.1, 0.15) is 0 Å². The van der Waals surface area contributed by atoms with E-state index in [-0.39, 0.29) is 30.8 Å². The third-order valence-corrected chi connectivity index (χ3v) is 1.84. The second-order valence-electron chi connectivity index (χ2n) is 3.37. The van der Waals surface area contributed by atoms with Gasteiger partial charge >= 0.3 is 0 Å². The lowest BCUT2D eigenvalue weighted by molar-refractivity contribution is -0.134. The van der Waals surface area contributed by atoms with Crippen LogP contribution in [-0.4, -0.2) is 35.6 Å². The van der Waals surface area contributed by atoms with Crippen molar-refractivity contribution in [2.45, 2.75) is 13.8 Å². The molecule has 1 rings (SSSR count). The van der Waals surface area contributed by atoms with E-state index >= 15 is 0 Å². The van der Waals surface area contributed by atoms with Crippen LogP contribution in [-0.2, 0) is 9.59 Å². The summed E-state index contributed by atoms with van der Waals surface area (Å²) >= 11 is 0. The number of imide groups is 1. The molecule has 0 radical (unpaired) electrons. The molecule has 0 spiro atoms. The van der Waals surface area contributed by atoms with E-state index in [1.807, 2.05) is 13.8 Å². The topological polar surface area (TPSA) is 73.3 Å². The van der Waals surface area contributed by atoms with Gasteiger partial charge < -0.3 is 4.90 Å². The molecule has 0 bridgehead atoms. The van der Waals surface area contributed by atoms with Gasteiger partial charge in [0.05, 0.1) is 18.9 Å². The quantitative estimate of drug-likeness (QED) is 0.329. The molecule has 0 aromatic carbocycles. The smallest absolute Gasteiger partial charge is 0.246 e. The number of carbonyl (C=O) groups is 2. The number of hydrogen-bond acceptors (Lipinski definition) is 3. The van der Waals surface area contributed by atoms with Gasteiger partial charge in [0.15, 0.2) is 0 Å². The minimum atomic E-state index is -0.332. The van der Waals surface area contributed by atoms with Gasteiger partial charge in [0, 0.05) is 5.92 Å². The van der Waals surface area contributed by atoms with Crippen LogP contribution in [0.3, 0.4) is 0 Å². The van der Waals surface area contributed by atoms with Gasteiger partial charge in [-0.15, -0.1) is 0 Å². The van der Waals surface area contributed by atoms with Gasteiger partial charge in [-0.1, -0.05) is 13.8 Å². The van der Waals surface area contributed by atoms with E-state index in [1.165, 1.54) is 4.90 Å². The lowest BCUT2D eigenvalue weighted by atomic mass is 10.1. The highest BCUT2D eigenvalue weighted by molar-refractivity contribution is 6.03. The lowest BCUT2D eigenvalue weighted by Crippen LogP contribution is -2.54. The molecule has 1 aliphatic heterocycles. The summed E-state index contributed by atoms with van der Waals surface area (Å²) in [6, 6.07) is 0. The zero-order valence-electron chi connectivity index (χ0n) is 7.76. The zero-order chi connectivity index (χ0) is 10.0. The lowest BCUT2D eigenvalue weighted by Gasteiger charge is -2.29. The van der Waals surface area contributed by atoms with Crippen molar-refractivity contribution < 1.29 is 9.59 Å². The van der Waals surface area contributed by atoms with Crippen LogP contribution in [0.15, 0.2) is 0 Å². The van der Waals surface area contributed by atoms with Crippen molar-refractivity contribution in [2.75, 3.05) is 13.1 Å². The van der Waals surface area contributed by atoms with Crippen molar-refractivity contribution in [3.05, 3.63) is 0 Å². The second-order valence-corrected chi connectivity index (χ2v) is 3.37. The average Bonchev–Trinajstić information content (AvgIpc) is 2.01. The van der Waals surface area contributed by atoms with Crippen LogP contribution >= 0.6 is 0 Å². The minimum absolute atomic E-state index is 0.0405. The van der Waals surface area contributed by atoms with Crippen LogP contribution in [0, 0.1) is 11.3 Å². The summed E-state index contributed by atoms with van der Waals surface area (Å²) in [5.41, 5.74) is 0. The van der Waals surface area contributed by atoms with Crippen molar-refractivity contribution in [2.24, 2.45) is 5.92 Å². The number of piperazine rings is 1. The Morgan fingerprint density at radius 3 is 2.23 bits per heavy atom. The van der Waals surface area contributed by atoms with Gasteiger partial charge in [-0.05, 0) is 0 Å². The summed E-state index contributed by atoms with van der Waals surface area (Å²) in [6.45, 7) is 3.95. The van der Waals surface area contributed by atoms with Crippen molar-refractivity contribution >= 4 is 17.6 Å². The second kappa shape index (κ2) is 3.55. The Balaban J connectivity index is 2.65. The van der Waals surface area contributed by atoms with Gasteiger partial charge in [0.25, 0.3) is 0 Å². The highest BCUT2D eigenvalue weighted by Gasteiger charge is 2.25. The number of nitrogens with one attached hydrogen (secondary N) is 2. The monoisotopic (exact) mass is 183 g/mol. The predicted molar refractivity (Wildman–Crippen MR) is 47.3 cm³/mol. The highest BCUT2D eigenvalue weighted by atomic mass is 16.2. The minimum Gasteiger partial charge on any atom is -0.342 e. The molecule has 1 aliphatic rings. The first-order valence-electron chi connectivity index (χ1n) is 4.16.